The molecule has 1 saturated heterocycles. The number of anilines is 1. The summed E-state index contributed by atoms with van der Waals surface area (Å²) in [6.45, 7) is 6.31. The molecule has 2 aliphatic rings. The molecule has 2 atom stereocenters. The van der Waals surface area contributed by atoms with Gasteiger partial charge in [-0.2, -0.15) is 0 Å². The van der Waals surface area contributed by atoms with Crippen LogP contribution in [0.2, 0.25) is 0 Å². The Kier molecular flexibility index (Phi) is 1.92. The van der Waals surface area contributed by atoms with Gasteiger partial charge >= 0.3 is 0 Å². The molecule has 15 heavy (non-hydrogen) atoms. The smallest absolute Gasteiger partial charge is 0.223 e. The molecule has 0 aromatic carbocycles. The van der Waals surface area contributed by atoms with Gasteiger partial charge in [-0.15, -0.1) is 0 Å². The molecule has 1 aliphatic carbocycles. The summed E-state index contributed by atoms with van der Waals surface area (Å²) in [6.07, 6.45) is 0. The van der Waals surface area contributed by atoms with Gasteiger partial charge < -0.3 is 10.6 Å². The van der Waals surface area contributed by atoms with Gasteiger partial charge in [0.15, 0.2) is 0 Å². The lowest BCUT2D eigenvalue weighted by Gasteiger charge is -2.08. The van der Waals surface area contributed by atoms with Crippen molar-refractivity contribution in [3.05, 3.63) is 17.5 Å². The highest BCUT2D eigenvalue weighted by molar-refractivity contribution is 5.34. The van der Waals surface area contributed by atoms with Crippen molar-refractivity contribution in [2.45, 2.75) is 19.9 Å². The average molecular weight is 204 g/mol. The maximum atomic E-state index is 4.40. The van der Waals surface area contributed by atoms with Crippen LogP contribution in [0, 0.1) is 25.7 Å². The zero-order chi connectivity index (χ0) is 10.4. The molecule has 0 bridgehead atoms. The number of hydrogen-bond acceptors (Lipinski definition) is 4. The van der Waals surface area contributed by atoms with Crippen LogP contribution in [0.5, 0.6) is 0 Å². The molecule has 0 radical (unpaired) electrons. The monoisotopic (exact) mass is 204 g/mol. The van der Waals surface area contributed by atoms with E-state index in [0.29, 0.717) is 6.04 Å². The predicted molar refractivity (Wildman–Crippen MR) is 58.8 cm³/mol. The van der Waals surface area contributed by atoms with Crippen molar-refractivity contribution >= 4 is 5.95 Å². The van der Waals surface area contributed by atoms with Crippen LogP contribution in [-0.2, 0) is 0 Å². The largest absolute Gasteiger partial charge is 0.351 e. The zero-order valence-corrected chi connectivity index (χ0v) is 9.12. The number of piperidine rings is 1. The summed E-state index contributed by atoms with van der Waals surface area (Å²) < 4.78 is 0. The van der Waals surface area contributed by atoms with Crippen molar-refractivity contribution in [2.24, 2.45) is 11.8 Å². The number of nitrogens with one attached hydrogen (secondary N) is 2. The number of rotatable bonds is 2. The molecule has 3 rings (SSSR count). The fraction of sp³-hybridized carbons (Fsp3) is 0.636. The summed E-state index contributed by atoms with van der Waals surface area (Å²) >= 11 is 0. The third kappa shape index (κ3) is 1.59. The summed E-state index contributed by atoms with van der Waals surface area (Å²) in [4.78, 5) is 8.80. The highest BCUT2D eigenvalue weighted by Crippen LogP contribution is 2.43. The molecule has 1 aromatic rings. The predicted octanol–water partition coefficient (Wildman–Crippen LogP) is 0.723. The van der Waals surface area contributed by atoms with Crippen LogP contribution < -0.4 is 10.6 Å². The van der Waals surface area contributed by atoms with Gasteiger partial charge in [0.25, 0.3) is 0 Å². The Labute approximate surface area is 89.5 Å². The van der Waals surface area contributed by atoms with Crippen LogP contribution in [0.15, 0.2) is 6.07 Å². The molecule has 0 amide bonds. The van der Waals surface area contributed by atoms with E-state index in [1.165, 1.54) is 0 Å². The third-order valence-electron chi connectivity index (χ3n) is 3.37. The van der Waals surface area contributed by atoms with Gasteiger partial charge in [-0.05, 0) is 31.7 Å². The van der Waals surface area contributed by atoms with E-state index in [1.807, 2.05) is 19.9 Å². The zero-order valence-electron chi connectivity index (χ0n) is 9.12. The van der Waals surface area contributed by atoms with Crippen molar-refractivity contribution in [1.82, 2.24) is 15.3 Å². The van der Waals surface area contributed by atoms with E-state index < -0.39 is 0 Å². The van der Waals surface area contributed by atoms with Gasteiger partial charge in [-0.25, -0.2) is 9.97 Å². The second-order valence-corrected chi connectivity index (χ2v) is 4.63. The Balaban J connectivity index is 1.72. The second-order valence-electron chi connectivity index (χ2n) is 4.63. The first-order valence-electron chi connectivity index (χ1n) is 5.53. The topological polar surface area (TPSA) is 49.8 Å². The van der Waals surface area contributed by atoms with E-state index in [0.717, 1.165) is 42.3 Å². The van der Waals surface area contributed by atoms with Crippen LogP contribution >= 0.6 is 0 Å². The van der Waals surface area contributed by atoms with E-state index in [9.17, 15) is 0 Å². The highest BCUT2D eigenvalue weighted by Gasteiger charge is 2.53. The molecule has 2 N–H and O–H groups in total. The normalized spacial score (nSPS) is 32.5. The quantitative estimate of drug-likeness (QED) is 0.745. The average Bonchev–Trinajstić information content (AvgIpc) is 2.60. The van der Waals surface area contributed by atoms with E-state index in [2.05, 4.69) is 20.6 Å². The summed E-state index contributed by atoms with van der Waals surface area (Å²) in [6, 6.07) is 2.60. The molecular weight excluding hydrogens is 188 g/mol. The van der Waals surface area contributed by atoms with Crippen LogP contribution in [0.25, 0.3) is 0 Å². The minimum absolute atomic E-state index is 0.604. The van der Waals surface area contributed by atoms with Crippen molar-refractivity contribution < 1.29 is 0 Å². The summed E-state index contributed by atoms with van der Waals surface area (Å²) in [5.74, 6) is 2.40. The number of hydrogen-bond donors (Lipinski definition) is 2. The maximum absolute atomic E-state index is 4.40. The molecule has 2 fully saturated rings. The number of nitrogens with zero attached hydrogens (tertiary/aromatic N) is 2. The van der Waals surface area contributed by atoms with Crippen molar-refractivity contribution in [1.29, 1.82) is 0 Å². The first kappa shape index (κ1) is 9.09. The van der Waals surface area contributed by atoms with Crippen molar-refractivity contribution in [2.75, 3.05) is 18.4 Å². The Hall–Kier alpha value is -1.16. The SMILES string of the molecule is Cc1cc(C)nc(NC2C3CNCC32)n1. The lowest BCUT2D eigenvalue weighted by molar-refractivity contribution is 0.693. The van der Waals surface area contributed by atoms with E-state index in [-0.39, 0.29) is 0 Å². The van der Waals surface area contributed by atoms with Gasteiger partial charge in [0.05, 0.1) is 0 Å². The van der Waals surface area contributed by atoms with Gasteiger partial charge in [-0.1, -0.05) is 0 Å². The molecule has 0 spiro atoms. The highest BCUT2D eigenvalue weighted by atomic mass is 15.2. The molecule has 1 aromatic heterocycles. The molecular formula is C11H16N4. The molecule has 1 saturated carbocycles. The summed E-state index contributed by atoms with van der Waals surface area (Å²) in [5, 5.41) is 6.82. The van der Waals surface area contributed by atoms with E-state index >= 15 is 0 Å². The summed E-state index contributed by atoms with van der Waals surface area (Å²) in [7, 11) is 0. The van der Waals surface area contributed by atoms with Crippen LogP contribution in [-0.4, -0.2) is 29.1 Å². The number of aromatic nitrogens is 2. The molecule has 1 aliphatic heterocycles. The minimum atomic E-state index is 0.604. The third-order valence-corrected chi connectivity index (χ3v) is 3.37. The van der Waals surface area contributed by atoms with Crippen LogP contribution in [0.4, 0.5) is 5.95 Å². The van der Waals surface area contributed by atoms with E-state index in [4.69, 9.17) is 0 Å². The Bertz CT molecular complexity index is 360. The first-order chi connectivity index (χ1) is 7.24. The van der Waals surface area contributed by atoms with Crippen LogP contribution in [0.1, 0.15) is 11.4 Å². The van der Waals surface area contributed by atoms with Gasteiger partial charge in [-0.3, -0.25) is 0 Å². The standard InChI is InChI=1S/C11H16N4/c1-6-3-7(2)14-11(13-6)15-10-8-4-12-5-9(8)10/h3,8-10,12H,4-5H2,1-2H3,(H,13,14,15). The Morgan fingerprint density at radius 1 is 1.20 bits per heavy atom. The van der Waals surface area contributed by atoms with Gasteiger partial charge in [0, 0.05) is 30.5 Å². The second kappa shape index (κ2) is 3.17. The molecule has 4 nitrogen and oxygen atoms in total. The molecule has 80 valence electrons. The van der Waals surface area contributed by atoms with Crippen molar-refractivity contribution in [3.8, 4) is 0 Å². The lowest BCUT2D eigenvalue weighted by Crippen LogP contribution is -2.22. The fourth-order valence-corrected chi connectivity index (χ4v) is 2.57. The maximum Gasteiger partial charge on any atom is 0.223 e. The van der Waals surface area contributed by atoms with Gasteiger partial charge in [0.1, 0.15) is 0 Å². The van der Waals surface area contributed by atoms with Crippen LogP contribution in [0.3, 0.4) is 0 Å². The molecule has 2 heterocycles. The lowest BCUT2D eigenvalue weighted by atomic mass is 10.3. The van der Waals surface area contributed by atoms with E-state index in [1.54, 1.807) is 0 Å². The van der Waals surface area contributed by atoms with Crippen molar-refractivity contribution in [3.63, 3.8) is 0 Å². The number of fused-ring (bicyclic) bond motifs is 1. The first-order valence-corrected chi connectivity index (χ1v) is 5.53. The molecule has 2 unspecified atom stereocenters. The Morgan fingerprint density at radius 2 is 1.80 bits per heavy atom. The van der Waals surface area contributed by atoms with Gasteiger partial charge in [0.2, 0.25) is 5.95 Å². The fourth-order valence-electron chi connectivity index (χ4n) is 2.57. The Morgan fingerprint density at radius 3 is 2.40 bits per heavy atom. The minimum Gasteiger partial charge on any atom is -0.351 e. The molecule has 4 heteroatoms. The number of aryl methyl sites for hydroxylation is 2. The summed E-state index contributed by atoms with van der Waals surface area (Å²) in [5.41, 5.74) is 2.07.